The second-order valence-corrected chi connectivity index (χ2v) is 2.90. The molecule has 0 heterocycles. The Bertz CT molecular complexity index is 205. The van der Waals surface area contributed by atoms with Crippen LogP contribution in [0.25, 0.3) is 0 Å². The summed E-state index contributed by atoms with van der Waals surface area (Å²) in [6, 6.07) is 0. The van der Waals surface area contributed by atoms with Gasteiger partial charge in [-0.1, -0.05) is 0 Å². The molecule has 0 fully saturated rings. The molecule has 0 aliphatic rings. The molecule has 0 aromatic rings. The van der Waals surface area contributed by atoms with Crippen molar-refractivity contribution >= 4 is 5.97 Å². The molecule has 0 spiro atoms. The molecule has 0 unspecified atom stereocenters. The first-order valence-corrected chi connectivity index (χ1v) is 4.34. The first-order valence-electron chi connectivity index (χ1n) is 2.16. The molecule has 0 atom stereocenters. The minimum atomic E-state index is -3.56. The summed E-state index contributed by atoms with van der Waals surface area (Å²) in [5.41, 5.74) is -0.130. The molecule has 9 heavy (non-hydrogen) atoms. The third-order valence-corrected chi connectivity index (χ3v) is 1.72. The van der Waals surface area contributed by atoms with Gasteiger partial charge in [0.2, 0.25) is 0 Å². The van der Waals surface area contributed by atoms with E-state index in [0.717, 1.165) is 4.38 Å². The number of carbonyl (C=O) groups is 1. The molecule has 0 aliphatic heterocycles. The van der Waals surface area contributed by atoms with Crippen LogP contribution in [0.1, 0.15) is 6.92 Å². The van der Waals surface area contributed by atoms with Crippen molar-refractivity contribution in [2.75, 3.05) is 0 Å². The number of aliphatic carboxylic acids is 1. The van der Waals surface area contributed by atoms with Crippen LogP contribution in [-0.4, -0.2) is 11.1 Å². The molecule has 0 radical (unpaired) electrons. The van der Waals surface area contributed by atoms with Gasteiger partial charge < -0.3 is 0 Å². The topological polar surface area (TPSA) is 71.4 Å². The first kappa shape index (κ1) is 8.52. The van der Waals surface area contributed by atoms with E-state index in [2.05, 4.69) is 0 Å². The molecule has 49 valence electrons. The molecule has 4 nitrogen and oxygen atoms in total. The summed E-state index contributed by atoms with van der Waals surface area (Å²) in [6.07, 6.45) is 0. The molecule has 0 aliphatic carbocycles. The third-order valence-electron chi connectivity index (χ3n) is 0.672. The molecule has 0 saturated carbocycles. The summed E-state index contributed by atoms with van der Waals surface area (Å²) in [6.45, 7) is 1.24. The van der Waals surface area contributed by atoms with E-state index in [-0.39, 0.29) is 5.57 Å². The Labute approximate surface area is 57.7 Å². The first-order chi connectivity index (χ1) is 4.04. The number of hydrogen-bond acceptors (Lipinski definition) is 3. The summed E-state index contributed by atoms with van der Waals surface area (Å²) < 4.78 is 20.6. The molecule has 5 heteroatoms. The fourth-order valence-corrected chi connectivity index (χ4v) is 0.983. The SMILES string of the molecule is CC(=[CH][Ti](=[O])=[O])C(=O)O. The van der Waals surface area contributed by atoms with E-state index < -0.39 is 23.8 Å². The second kappa shape index (κ2) is 3.53. The van der Waals surface area contributed by atoms with Crippen LogP contribution >= 0.6 is 0 Å². The van der Waals surface area contributed by atoms with Crippen molar-refractivity contribution in [3.05, 3.63) is 9.95 Å². The Hall–Kier alpha value is -0.476. The Morgan fingerprint density at radius 1 is 1.56 bits per heavy atom. The van der Waals surface area contributed by atoms with Crippen LogP contribution < -0.4 is 0 Å². The Morgan fingerprint density at radius 3 is 2.11 bits per heavy atom. The van der Waals surface area contributed by atoms with Crippen molar-refractivity contribution in [2.24, 2.45) is 0 Å². The van der Waals surface area contributed by atoms with E-state index in [4.69, 9.17) is 5.11 Å². The van der Waals surface area contributed by atoms with Crippen LogP contribution in [0.2, 0.25) is 0 Å². The number of carboxylic acid groups (broad SMARTS) is 1. The zero-order chi connectivity index (χ0) is 7.44. The molecule has 0 amide bonds. The van der Waals surface area contributed by atoms with Crippen molar-refractivity contribution in [1.82, 2.24) is 0 Å². The molecule has 0 bridgehead atoms. The summed E-state index contributed by atoms with van der Waals surface area (Å²) in [7, 11) is 0. The quantitative estimate of drug-likeness (QED) is 0.471. The van der Waals surface area contributed by atoms with E-state index in [0.29, 0.717) is 0 Å². The van der Waals surface area contributed by atoms with E-state index in [1.807, 2.05) is 0 Å². The predicted octanol–water partition coefficient (Wildman–Crippen LogP) is 0.284. The predicted molar refractivity (Wildman–Crippen MR) is 22.8 cm³/mol. The van der Waals surface area contributed by atoms with E-state index >= 15 is 0 Å². The Kier molecular flexibility index (Phi) is 3.34. The summed E-state index contributed by atoms with van der Waals surface area (Å²) in [4.78, 5) is 9.92. The van der Waals surface area contributed by atoms with Gasteiger partial charge in [0, 0.05) is 0 Å². The molecular weight excluding hydrogens is 160 g/mol. The summed E-state index contributed by atoms with van der Waals surface area (Å²) >= 11 is -3.56. The fourth-order valence-electron chi connectivity index (χ4n) is 0.239. The van der Waals surface area contributed by atoms with Gasteiger partial charge in [-0.3, -0.25) is 0 Å². The van der Waals surface area contributed by atoms with Gasteiger partial charge >= 0.3 is 57.2 Å². The maximum atomic E-state index is 9.92. The maximum absolute atomic E-state index is 9.92. The van der Waals surface area contributed by atoms with Crippen LogP contribution in [0.3, 0.4) is 0 Å². The van der Waals surface area contributed by atoms with Crippen molar-refractivity contribution in [1.29, 1.82) is 0 Å². The minimum absolute atomic E-state index is 0.130. The van der Waals surface area contributed by atoms with E-state index in [1.54, 1.807) is 0 Å². The molecule has 0 aromatic carbocycles. The van der Waals surface area contributed by atoms with Gasteiger partial charge in [0.1, 0.15) is 0 Å². The summed E-state index contributed by atoms with van der Waals surface area (Å²) in [5, 5.41) is 8.11. The van der Waals surface area contributed by atoms with Gasteiger partial charge in [-0.05, 0) is 0 Å². The monoisotopic (exact) mass is 165 g/mol. The Morgan fingerprint density at radius 2 is 2.00 bits per heavy atom. The van der Waals surface area contributed by atoms with E-state index in [9.17, 15) is 11.4 Å². The second-order valence-electron chi connectivity index (χ2n) is 1.45. The number of rotatable bonds is 2. The average Bonchev–Trinajstić information content (AvgIpc) is 1.63. The van der Waals surface area contributed by atoms with Crippen LogP contribution in [0.5, 0.6) is 0 Å². The van der Waals surface area contributed by atoms with Gasteiger partial charge in [0.25, 0.3) is 0 Å². The van der Waals surface area contributed by atoms with Gasteiger partial charge in [0.15, 0.2) is 0 Å². The van der Waals surface area contributed by atoms with Crippen LogP contribution in [0.4, 0.5) is 0 Å². The van der Waals surface area contributed by atoms with Crippen LogP contribution in [0.15, 0.2) is 9.95 Å². The van der Waals surface area contributed by atoms with Gasteiger partial charge in [-0.2, -0.15) is 0 Å². The standard InChI is InChI=1S/C4H5O2.2O.Ti/c1-3(2)4(5)6;;;/h1H,2H3,(H,5,6);;;. The van der Waals surface area contributed by atoms with Crippen LogP contribution in [0, 0.1) is 0 Å². The summed E-state index contributed by atoms with van der Waals surface area (Å²) in [5.74, 6) is -1.19. The van der Waals surface area contributed by atoms with E-state index in [1.165, 1.54) is 6.92 Å². The zero-order valence-corrected chi connectivity index (χ0v) is 6.31. The molecular formula is C4H5O4Ti. The fraction of sp³-hybridized carbons (Fsp3) is 0.250. The van der Waals surface area contributed by atoms with Crippen LogP contribution in [-0.2, 0) is 29.3 Å². The Balaban J connectivity index is 4.35. The third kappa shape index (κ3) is 4.06. The number of hydrogen-bond donors (Lipinski definition) is 1. The van der Waals surface area contributed by atoms with Crippen molar-refractivity contribution < 1.29 is 34.4 Å². The molecule has 0 rings (SSSR count). The van der Waals surface area contributed by atoms with Gasteiger partial charge in [-0.15, -0.1) is 0 Å². The molecule has 0 aromatic heterocycles. The molecule has 1 N–H and O–H groups in total. The normalized spacial score (nSPS) is 11.0. The van der Waals surface area contributed by atoms with Gasteiger partial charge in [-0.25, -0.2) is 0 Å². The van der Waals surface area contributed by atoms with Gasteiger partial charge in [0.05, 0.1) is 0 Å². The molecule has 0 saturated heterocycles. The average molecular weight is 165 g/mol. The van der Waals surface area contributed by atoms with Crippen molar-refractivity contribution in [3.8, 4) is 0 Å². The van der Waals surface area contributed by atoms with Crippen molar-refractivity contribution in [3.63, 3.8) is 0 Å². The zero-order valence-electron chi connectivity index (χ0n) is 4.75. The number of carboxylic acids is 1. The van der Waals surface area contributed by atoms with Crippen molar-refractivity contribution in [2.45, 2.75) is 6.92 Å².